The Morgan fingerprint density at radius 3 is 2.43 bits per heavy atom. The highest BCUT2D eigenvalue weighted by Crippen LogP contribution is 2.22. The van der Waals surface area contributed by atoms with Gasteiger partial charge in [0.15, 0.2) is 11.7 Å². The predicted octanol–water partition coefficient (Wildman–Crippen LogP) is 2.80. The summed E-state index contributed by atoms with van der Waals surface area (Å²) in [6.07, 6.45) is 2.13. The molecule has 1 aromatic rings. The average molecular weight is 534 g/mol. The average Bonchev–Trinajstić information content (AvgIpc) is 3.15. The molecule has 2 N–H and O–H groups in total. The third-order valence-electron chi connectivity index (χ3n) is 5.19. The fourth-order valence-electron chi connectivity index (χ4n) is 3.57. The summed E-state index contributed by atoms with van der Waals surface area (Å²) in [6.45, 7) is 15.5. The van der Waals surface area contributed by atoms with Crippen molar-refractivity contribution in [1.82, 2.24) is 25.6 Å². The van der Waals surface area contributed by atoms with Crippen LogP contribution < -0.4 is 10.6 Å². The van der Waals surface area contributed by atoms with Crippen molar-refractivity contribution >= 4 is 35.8 Å². The lowest BCUT2D eigenvalue weighted by Crippen LogP contribution is -2.54. The Hall–Kier alpha value is -1.36. The molecule has 2 rings (SSSR count). The lowest BCUT2D eigenvalue weighted by atomic mass is 9.99. The molecule has 2 heterocycles. The van der Waals surface area contributed by atoms with Crippen molar-refractivity contribution in [2.24, 2.45) is 4.99 Å². The van der Waals surface area contributed by atoms with Gasteiger partial charge in [0.2, 0.25) is 5.91 Å². The van der Waals surface area contributed by atoms with E-state index >= 15 is 0 Å². The fourth-order valence-corrected chi connectivity index (χ4v) is 3.57. The highest BCUT2D eigenvalue weighted by atomic mass is 127. The lowest BCUT2D eigenvalue weighted by molar-refractivity contribution is -0.123. The normalized spacial score (nSPS) is 15.4. The smallest absolute Gasteiger partial charge is 0.234 e. The first kappa shape index (κ1) is 26.7. The van der Waals surface area contributed by atoms with Gasteiger partial charge in [-0.3, -0.25) is 9.69 Å². The molecule has 1 aliphatic rings. The van der Waals surface area contributed by atoms with Gasteiger partial charge < -0.3 is 20.1 Å². The molecule has 8 nitrogen and oxygen atoms in total. The molecule has 1 saturated heterocycles. The maximum Gasteiger partial charge on any atom is 0.234 e. The van der Waals surface area contributed by atoms with E-state index in [0.717, 1.165) is 63.0 Å². The van der Waals surface area contributed by atoms with Crippen LogP contribution in [0.4, 0.5) is 0 Å². The van der Waals surface area contributed by atoms with E-state index in [-0.39, 0.29) is 35.9 Å². The molecule has 0 atom stereocenters. The monoisotopic (exact) mass is 534 g/mol. The van der Waals surface area contributed by atoms with Gasteiger partial charge in [0.1, 0.15) is 6.54 Å². The maximum atomic E-state index is 12.0. The second-order valence-electron chi connectivity index (χ2n) is 7.89. The summed E-state index contributed by atoms with van der Waals surface area (Å²) in [5.74, 6) is 2.23. The van der Waals surface area contributed by atoms with Gasteiger partial charge in [0, 0.05) is 50.7 Å². The standard InChI is InChI=1S/C21H38N6O2.HI/c1-6-17(7-2)19-13-18(29-25-19)14-23-21(22-8-3)27-11-9-26(10-12-27)15-20(28)24-16(4)5;/h13,16-17H,6-12,14-15H2,1-5H3,(H,22,23)(H,24,28);1H. The van der Waals surface area contributed by atoms with Crippen LogP contribution in [0.15, 0.2) is 15.6 Å². The molecule has 0 aliphatic carbocycles. The molecule has 1 aliphatic heterocycles. The van der Waals surface area contributed by atoms with Gasteiger partial charge in [0.05, 0.1) is 12.2 Å². The molecular formula is C21H39IN6O2. The van der Waals surface area contributed by atoms with Crippen LogP contribution in [0.1, 0.15) is 64.8 Å². The number of amides is 1. The molecule has 0 unspecified atom stereocenters. The first-order valence-corrected chi connectivity index (χ1v) is 11.0. The van der Waals surface area contributed by atoms with Crippen molar-refractivity contribution in [3.05, 3.63) is 17.5 Å². The van der Waals surface area contributed by atoms with E-state index < -0.39 is 0 Å². The minimum Gasteiger partial charge on any atom is -0.359 e. The number of carbonyl (C=O) groups excluding carboxylic acids is 1. The second-order valence-corrected chi connectivity index (χ2v) is 7.89. The molecule has 9 heteroatoms. The number of halogens is 1. The predicted molar refractivity (Wildman–Crippen MR) is 131 cm³/mol. The van der Waals surface area contributed by atoms with Gasteiger partial charge in [-0.05, 0) is 33.6 Å². The second kappa shape index (κ2) is 13.8. The number of aliphatic imine (C=N–C) groups is 1. The molecule has 172 valence electrons. The quantitative estimate of drug-likeness (QED) is 0.288. The molecule has 1 fully saturated rings. The molecule has 0 radical (unpaired) electrons. The Kier molecular flexibility index (Phi) is 12.3. The van der Waals surface area contributed by atoms with Crippen molar-refractivity contribution in [3.63, 3.8) is 0 Å². The molecule has 1 amide bonds. The van der Waals surface area contributed by atoms with Gasteiger partial charge in [-0.25, -0.2) is 4.99 Å². The molecular weight excluding hydrogens is 495 g/mol. The van der Waals surface area contributed by atoms with E-state index in [2.05, 4.69) is 46.4 Å². The first-order valence-electron chi connectivity index (χ1n) is 11.0. The summed E-state index contributed by atoms with van der Waals surface area (Å²) >= 11 is 0. The van der Waals surface area contributed by atoms with E-state index in [1.165, 1.54) is 0 Å². The Balaban J connectivity index is 0.00000450. The summed E-state index contributed by atoms with van der Waals surface area (Å²) in [7, 11) is 0. The van der Waals surface area contributed by atoms with Gasteiger partial charge >= 0.3 is 0 Å². The number of nitrogens with one attached hydrogen (secondary N) is 2. The number of piperazine rings is 1. The van der Waals surface area contributed by atoms with Crippen LogP contribution in [-0.2, 0) is 11.3 Å². The Bertz CT molecular complexity index is 652. The van der Waals surface area contributed by atoms with Crippen molar-refractivity contribution in [2.75, 3.05) is 39.3 Å². The van der Waals surface area contributed by atoms with Crippen LogP contribution in [-0.4, -0.2) is 72.1 Å². The summed E-state index contributed by atoms with van der Waals surface area (Å²) in [4.78, 5) is 21.2. The summed E-state index contributed by atoms with van der Waals surface area (Å²) in [6, 6.07) is 2.22. The van der Waals surface area contributed by atoms with Crippen molar-refractivity contribution in [2.45, 2.75) is 66.0 Å². The number of aromatic nitrogens is 1. The van der Waals surface area contributed by atoms with Crippen molar-refractivity contribution in [1.29, 1.82) is 0 Å². The van der Waals surface area contributed by atoms with E-state index in [9.17, 15) is 4.79 Å². The summed E-state index contributed by atoms with van der Waals surface area (Å²) in [5, 5.41) is 10.6. The lowest BCUT2D eigenvalue weighted by Gasteiger charge is -2.36. The van der Waals surface area contributed by atoms with Crippen LogP contribution in [0.25, 0.3) is 0 Å². The number of rotatable bonds is 9. The van der Waals surface area contributed by atoms with Crippen LogP contribution >= 0.6 is 24.0 Å². The van der Waals surface area contributed by atoms with Crippen LogP contribution in [0.5, 0.6) is 0 Å². The number of hydrogen-bond acceptors (Lipinski definition) is 5. The molecule has 0 bridgehead atoms. The maximum absolute atomic E-state index is 12.0. The topological polar surface area (TPSA) is 86.0 Å². The SMILES string of the molecule is CCNC(=NCc1cc(C(CC)CC)no1)N1CCN(CC(=O)NC(C)C)CC1.I. The van der Waals surface area contributed by atoms with E-state index in [1.807, 2.05) is 19.9 Å². The zero-order valence-electron chi connectivity index (χ0n) is 19.1. The van der Waals surface area contributed by atoms with Gasteiger partial charge in [-0.1, -0.05) is 19.0 Å². The molecule has 0 aromatic carbocycles. The largest absolute Gasteiger partial charge is 0.359 e. The highest BCUT2D eigenvalue weighted by molar-refractivity contribution is 14.0. The highest BCUT2D eigenvalue weighted by Gasteiger charge is 2.21. The molecule has 0 spiro atoms. The number of guanidine groups is 1. The summed E-state index contributed by atoms with van der Waals surface area (Å²) in [5.41, 5.74) is 1.03. The van der Waals surface area contributed by atoms with E-state index in [1.54, 1.807) is 0 Å². The zero-order valence-corrected chi connectivity index (χ0v) is 21.4. The van der Waals surface area contributed by atoms with Gasteiger partial charge in [-0.15, -0.1) is 24.0 Å². The Morgan fingerprint density at radius 2 is 1.87 bits per heavy atom. The minimum atomic E-state index is 0. The molecule has 0 saturated carbocycles. The Labute approximate surface area is 198 Å². The fraction of sp³-hybridized carbons (Fsp3) is 0.762. The third kappa shape index (κ3) is 8.41. The minimum absolute atomic E-state index is 0. The van der Waals surface area contributed by atoms with Crippen LogP contribution in [0.2, 0.25) is 0 Å². The van der Waals surface area contributed by atoms with Gasteiger partial charge in [0.25, 0.3) is 0 Å². The number of hydrogen-bond donors (Lipinski definition) is 2. The molecule has 1 aromatic heterocycles. The van der Waals surface area contributed by atoms with E-state index in [0.29, 0.717) is 19.0 Å². The molecule has 30 heavy (non-hydrogen) atoms. The first-order chi connectivity index (χ1) is 14.0. The summed E-state index contributed by atoms with van der Waals surface area (Å²) < 4.78 is 5.50. The third-order valence-corrected chi connectivity index (χ3v) is 5.19. The zero-order chi connectivity index (χ0) is 21.2. The Morgan fingerprint density at radius 1 is 1.20 bits per heavy atom. The van der Waals surface area contributed by atoms with Crippen molar-refractivity contribution in [3.8, 4) is 0 Å². The number of nitrogens with zero attached hydrogens (tertiary/aromatic N) is 4. The van der Waals surface area contributed by atoms with Crippen LogP contribution in [0.3, 0.4) is 0 Å². The number of carbonyl (C=O) groups is 1. The van der Waals surface area contributed by atoms with Gasteiger partial charge in [-0.2, -0.15) is 0 Å². The van der Waals surface area contributed by atoms with E-state index in [4.69, 9.17) is 9.52 Å². The van der Waals surface area contributed by atoms with Crippen molar-refractivity contribution < 1.29 is 9.32 Å². The van der Waals surface area contributed by atoms with Crippen LogP contribution in [0, 0.1) is 0 Å².